The van der Waals surface area contributed by atoms with Crippen molar-refractivity contribution in [3.05, 3.63) is 12.1 Å². The van der Waals surface area contributed by atoms with Crippen molar-refractivity contribution in [2.45, 2.75) is 24.5 Å². The van der Waals surface area contributed by atoms with Crippen LogP contribution in [0, 0.1) is 0 Å². The Morgan fingerprint density at radius 1 is 1.06 bits per heavy atom. The number of hydrogen-bond donors (Lipinski definition) is 0. The Morgan fingerprint density at radius 3 is 1.81 bits per heavy atom. The van der Waals surface area contributed by atoms with Gasteiger partial charge in [0.1, 0.15) is 6.26 Å². The molecule has 1 unspecified atom stereocenters. The Hall–Kier alpha value is -1.06. The summed E-state index contributed by atoms with van der Waals surface area (Å²) in [6.45, 7) is 0. The van der Waals surface area contributed by atoms with Crippen LogP contribution in [0.2, 0.25) is 0 Å². The van der Waals surface area contributed by atoms with Gasteiger partial charge in [-0.15, -0.1) is 0 Å². The van der Waals surface area contributed by atoms with E-state index in [9.17, 15) is 35.1 Å². The quantitative estimate of drug-likeness (QED) is 0.622. The van der Waals surface area contributed by atoms with Crippen molar-refractivity contribution in [1.29, 1.82) is 0 Å². The lowest BCUT2D eigenvalue weighted by Crippen LogP contribution is -2.62. The summed E-state index contributed by atoms with van der Waals surface area (Å²) in [6.07, 6.45) is -16.3. The zero-order valence-corrected chi connectivity index (χ0v) is 6.99. The predicted molar refractivity (Wildman–Crippen MR) is 31.1 cm³/mol. The first-order chi connectivity index (χ1) is 7.01. The van der Waals surface area contributed by atoms with Crippen molar-refractivity contribution >= 4 is 0 Å². The third kappa shape index (κ3) is 1.81. The van der Waals surface area contributed by atoms with Gasteiger partial charge in [-0.2, -0.15) is 26.3 Å². The molecule has 1 aliphatic rings. The Kier molecular flexibility index (Phi) is 2.82. The van der Waals surface area contributed by atoms with Crippen LogP contribution in [0.5, 0.6) is 0 Å². The molecule has 0 amide bonds. The smallest absolute Gasteiger partial charge is 0.452 e. The second kappa shape index (κ2) is 3.47. The fraction of sp³-hybridized carbons (Fsp3) is 0.667. The predicted octanol–water partition coefficient (Wildman–Crippen LogP) is 2.96. The van der Waals surface area contributed by atoms with Crippen molar-refractivity contribution in [3.63, 3.8) is 0 Å². The molecule has 2 nitrogen and oxygen atoms in total. The molecular formula is C6H2F8O2. The highest BCUT2D eigenvalue weighted by molar-refractivity contribution is 5.01. The van der Waals surface area contributed by atoms with Crippen LogP contribution < -0.4 is 0 Å². The van der Waals surface area contributed by atoms with E-state index in [2.05, 4.69) is 9.47 Å². The highest BCUT2D eigenvalue weighted by Crippen LogP contribution is 2.49. The van der Waals surface area contributed by atoms with E-state index in [1.807, 2.05) is 0 Å². The lowest BCUT2D eigenvalue weighted by molar-refractivity contribution is -0.477. The molecule has 1 atom stereocenters. The molecular weight excluding hydrogens is 256 g/mol. The maximum atomic E-state index is 12.4. The average molecular weight is 258 g/mol. The van der Waals surface area contributed by atoms with E-state index in [4.69, 9.17) is 0 Å². The van der Waals surface area contributed by atoms with Crippen LogP contribution in [0.3, 0.4) is 0 Å². The number of rotatable bonds is 0. The molecule has 0 aliphatic carbocycles. The summed E-state index contributed by atoms with van der Waals surface area (Å²) in [5.41, 5.74) is 0. The number of hydrogen-bond acceptors (Lipinski definition) is 2. The van der Waals surface area contributed by atoms with Gasteiger partial charge in [-0.1, -0.05) is 0 Å². The van der Waals surface area contributed by atoms with Crippen molar-refractivity contribution in [3.8, 4) is 0 Å². The van der Waals surface area contributed by atoms with Gasteiger partial charge >= 0.3 is 18.1 Å². The molecule has 0 bridgehead atoms. The minimum Gasteiger partial charge on any atom is -0.452 e. The Morgan fingerprint density at radius 2 is 1.50 bits per heavy atom. The first-order valence-corrected chi connectivity index (χ1v) is 3.50. The van der Waals surface area contributed by atoms with Crippen LogP contribution in [-0.4, -0.2) is 24.5 Å². The molecule has 0 N–H and O–H groups in total. The van der Waals surface area contributed by atoms with Crippen LogP contribution in [0.1, 0.15) is 0 Å². The Bertz CT molecular complexity index is 289. The Balaban J connectivity index is 3.21. The van der Waals surface area contributed by atoms with E-state index in [-0.39, 0.29) is 0 Å². The van der Waals surface area contributed by atoms with Gasteiger partial charge in [-0.25, -0.2) is 8.78 Å². The average Bonchev–Trinajstić information content (AvgIpc) is 2.05. The van der Waals surface area contributed by atoms with Crippen molar-refractivity contribution in [1.82, 2.24) is 0 Å². The second-order valence-electron chi connectivity index (χ2n) is 2.67. The molecule has 0 aromatic heterocycles. The molecule has 0 fully saturated rings. The van der Waals surface area contributed by atoms with Gasteiger partial charge in [0, 0.05) is 0 Å². The molecule has 0 radical (unpaired) electrons. The SMILES string of the molecule is FC1=COC(C(F)(F)F)(C(F)(F)F)OC1F. The molecule has 1 heterocycles. The molecule has 0 saturated heterocycles. The molecule has 0 aromatic rings. The molecule has 1 aliphatic heterocycles. The monoisotopic (exact) mass is 258 g/mol. The van der Waals surface area contributed by atoms with E-state index >= 15 is 0 Å². The Labute approximate surface area is 82.4 Å². The maximum absolute atomic E-state index is 12.4. The lowest BCUT2D eigenvalue weighted by Gasteiger charge is -2.38. The van der Waals surface area contributed by atoms with Gasteiger partial charge in [0.05, 0.1) is 0 Å². The number of alkyl halides is 7. The maximum Gasteiger partial charge on any atom is 0.465 e. The fourth-order valence-corrected chi connectivity index (χ4v) is 0.851. The van der Waals surface area contributed by atoms with E-state index in [1.165, 1.54) is 0 Å². The minimum atomic E-state index is -6.10. The summed E-state index contributed by atoms with van der Waals surface area (Å²) < 4.78 is 103. The summed E-state index contributed by atoms with van der Waals surface area (Å²) >= 11 is 0. The molecule has 16 heavy (non-hydrogen) atoms. The second-order valence-corrected chi connectivity index (χ2v) is 2.67. The summed E-state index contributed by atoms with van der Waals surface area (Å²) in [6, 6.07) is 0. The zero-order valence-electron chi connectivity index (χ0n) is 6.99. The summed E-state index contributed by atoms with van der Waals surface area (Å²) in [5, 5.41) is 0. The summed E-state index contributed by atoms with van der Waals surface area (Å²) in [5.74, 6) is -7.21. The molecule has 10 heteroatoms. The van der Waals surface area contributed by atoms with E-state index in [0.717, 1.165) is 0 Å². The number of halogens is 8. The molecule has 1 rings (SSSR count). The number of ether oxygens (including phenoxy) is 2. The van der Waals surface area contributed by atoms with Crippen molar-refractivity contribution in [2.24, 2.45) is 0 Å². The van der Waals surface area contributed by atoms with Gasteiger partial charge in [0.2, 0.25) is 0 Å². The summed E-state index contributed by atoms with van der Waals surface area (Å²) in [4.78, 5) is 0. The van der Waals surface area contributed by atoms with Gasteiger partial charge in [-0.05, 0) is 0 Å². The van der Waals surface area contributed by atoms with Gasteiger partial charge in [0.25, 0.3) is 6.36 Å². The van der Waals surface area contributed by atoms with Crippen LogP contribution in [0.4, 0.5) is 35.1 Å². The largest absolute Gasteiger partial charge is 0.465 e. The van der Waals surface area contributed by atoms with E-state index < -0.39 is 36.6 Å². The normalized spacial score (nSPS) is 26.0. The third-order valence-electron chi connectivity index (χ3n) is 1.57. The van der Waals surface area contributed by atoms with E-state index in [0.29, 0.717) is 0 Å². The first-order valence-electron chi connectivity index (χ1n) is 3.50. The molecule has 0 spiro atoms. The zero-order chi connectivity index (χ0) is 12.8. The molecule has 94 valence electrons. The standard InChI is InChI=1S/C6H2F8O2/c7-2-1-15-4(5(9,10)11,6(12,13)14)16-3(2)8/h1,3H. The highest BCUT2D eigenvalue weighted by atomic mass is 19.4. The van der Waals surface area contributed by atoms with Crippen LogP contribution in [-0.2, 0) is 9.47 Å². The van der Waals surface area contributed by atoms with Crippen LogP contribution in [0.15, 0.2) is 12.1 Å². The summed E-state index contributed by atoms with van der Waals surface area (Å²) in [7, 11) is 0. The van der Waals surface area contributed by atoms with Crippen LogP contribution in [0.25, 0.3) is 0 Å². The fourth-order valence-electron chi connectivity index (χ4n) is 0.851. The van der Waals surface area contributed by atoms with Gasteiger partial charge < -0.3 is 4.74 Å². The van der Waals surface area contributed by atoms with Gasteiger partial charge in [-0.3, -0.25) is 4.74 Å². The first kappa shape index (κ1) is 13.0. The van der Waals surface area contributed by atoms with E-state index in [1.54, 1.807) is 0 Å². The highest BCUT2D eigenvalue weighted by Gasteiger charge is 2.77. The third-order valence-corrected chi connectivity index (χ3v) is 1.57. The molecule has 0 saturated carbocycles. The van der Waals surface area contributed by atoms with Gasteiger partial charge in [0.15, 0.2) is 5.83 Å². The topological polar surface area (TPSA) is 18.5 Å². The van der Waals surface area contributed by atoms with Crippen molar-refractivity contribution in [2.75, 3.05) is 0 Å². The van der Waals surface area contributed by atoms with Crippen molar-refractivity contribution < 1.29 is 44.6 Å². The molecule has 0 aromatic carbocycles. The lowest BCUT2D eigenvalue weighted by atomic mass is 10.2. The van der Waals surface area contributed by atoms with Crippen LogP contribution >= 0.6 is 0 Å². The minimum absolute atomic E-state index is 0.616.